The zero-order valence-corrected chi connectivity index (χ0v) is 17.1. The zero-order valence-electron chi connectivity index (χ0n) is 17.1. The lowest BCUT2D eigenvalue weighted by Gasteiger charge is -2.31. The fourth-order valence-electron chi connectivity index (χ4n) is 3.95. The predicted octanol–water partition coefficient (Wildman–Crippen LogP) is 4.35. The van der Waals surface area contributed by atoms with Crippen molar-refractivity contribution in [3.63, 3.8) is 0 Å². The van der Waals surface area contributed by atoms with E-state index in [1.165, 1.54) is 0 Å². The Kier molecular flexibility index (Phi) is 6.14. The van der Waals surface area contributed by atoms with Gasteiger partial charge in [-0.15, -0.1) is 0 Å². The van der Waals surface area contributed by atoms with Crippen LogP contribution in [0.1, 0.15) is 51.9 Å². The van der Waals surface area contributed by atoms with Crippen molar-refractivity contribution in [2.75, 3.05) is 20.2 Å². The van der Waals surface area contributed by atoms with E-state index in [4.69, 9.17) is 14.3 Å². The van der Waals surface area contributed by atoms with Crippen LogP contribution in [0.5, 0.6) is 5.75 Å². The minimum absolute atomic E-state index is 0.279. The van der Waals surface area contributed by atoms with Crippen LogP contribution in [0.4, 0.5) is 0 Å². The third-order valence-electron chi connectivity index (χ3n) is 5.57. The molecule has 1 fully saturated rings. The number of methoxy groups -OCH3 is 1. The van der Waals surface area contributed by atoms with Crippen LogP contribution in [-0.4, -0.2) is 41.2 Å². The minimum atomic E-state index is -0.895. The molecular weight excluding hydrogens is 380 g/mol. The van der Waals surface area contributed by atoms with Crippen LogP contribution in [0.3, 0.4) is 0 Å². The molecule has 1 aliphatic rings. The molecule has 2 heterocycles. The van der Waals surface area contributed by atoms with Gasteiger partial charge in [0.05, 0.1) is 18.9 Å². The molecule has 1 saturated heterocycles. The summed E-state index contributed by atoms with van der Waals surface area (Å²) >= 11 is 0. The molecular formula is C24H26N2O4. The highest BCUT2D eigenvalue weighted by Crippen LogP contribution is 2.28. The molecule has 1 aliphatic heterocycles. The predicted molar refractivity (Wildman–Crippen MR) is 113 cm³/mol. The molecule has 3 aromatic rings. The summed E-state index contributed by atoms with van der Waals surface area (Å²) in [6, 6.07) is 15.1. The number of piperidine rings is 1. The first kappa shape index (κ1) is 20.2. The molecule has 4 rings (SSSR count). The van der Waals surface area contributed by atoms with Crippen LogP contribution >= 0.6 is 0 Å². The number of hydrogen-bond donors (Lipinski definition) is 1. The lowest BCUT2D eigenvalue weighted by Crippen LogP contribution is -2.34. The van der Waals surface area contributed by atoms with Crippen molar-refractivity contribution in [2.45, 2.75) is 31.7 Å². The minimum Gasteiger partial charge on any atom is -0.497 e. The van der Waals surface area contributed by atoms with Gasteiger partial charge in [0, 0.05) is 25.4 Å². The largest absolute Gasteiger partial charge is 0.497 e. The summed E-state index contributed by atoms with van der Waals surface area (Å²) in [5, 5.41) is 9.04. The first-order valence-electron chi connectivity index (χ1n) is 10.2. The second kappa shape index (κ2) is 9.13. The summed E-state index contributed by atoms with van der Waals surface area (Å²) in [4.78, 5) is 18.0. The fraction of sp³-hybridized carbons (Fsp3) is 0.333. The molecule has 1 atom stereocenters. The number of carboxylic acid groups (broad SMARTS) is 1. The molecule has 0 saturated carbocycles. The van der Waals surface area contributed by atoms with Gasteiger partial charge in [-0.05, 0) is 54.8 Å². The third kappa shape index (κ3) is 4.89. The number of likely N-dealkylation sites (tertiary alicyclic amines) is 1. The fourth-order valence-corrected chi connectivity index (χ4v) is 3.95. The highest BCUT2D eigenvalue weighted by molar-refractivity contribution is 5.87. The number of ether oxygens (including phenoxy) is 1. The number of benzene rings is 2. The summed E-state index contributed by atoms with van der Waals surface area (Å²) in [7, 11) is 1.66. The average Bonchev–Trinajstić information content (AvgIpc) is 3.23. The average molecular weight is 406 g/mol. The van der Waals surface area contributed by atoms with Gasteiger partial charge in [0.15, 0.2) is 5.89 Å². The number of carbonyl (C=O) groups is 1. The SMILES string of the molecule is COc1ccc(Cc2cnc([C@H]3CCCN(Cc4ccc(C(=O)O)cc4)C3)o2)cc1. The first-order valence-corrected chi connectivity index (χ1v) is 10.2. The van der Waals surface area contributed by atoms with Crippen LogP contribution in [0, 0.1) is 0 Å². The molecule has 0 aliphatic carbocycles. The van der Waals surface area contributed by atoms with E-state index in [0.717, 1.165) is 61.0 Å². The second-order valence-electron chi connectivity index (χ2n) is 7.77. The van der Waals surface area contributed by atoms with Gasteiger partial charge in [-0.1, -0.05) is 24.3 Å². The maximum atomic E-state index is 11.0. The number of rotatable bonds is 7. The Hall–Kier alpha value is -3.12. The van der Waals surface area contributed by atoms with Crippen molar-refractivity contribution in [3.8, 4) is 5.75 Å². The van der Waals surface area contributed by atoms with E-state index < -0.39 is 5.97 Å². The molecule has 156 valence electrons. The van der Waals surface area contributed by atoms with Gasteiger partial charge in [-0.3, -0.25) is 4.90 Å². The lowest BCUT2D eigenvalue weighted by molar-refractivity contribution is 0.0697. The van der Waals surface area contributed by atoms with Crippen LogP contribution in [0.25, 0.3) is 0 Å². The van der Waals surface area contributed by atoms with Crippen molar-refractivity contribution in [1.29, 1.82) is 0 Å². The molecule has 1 N–H and O–H groups in total. The van der Waals surface area contributed by atoms with Crippen LogP contribution in [0.2, 0.25) is 0 Å². The normalized spacial score (nSPS) is 17.0. The van der Waals surface area contributed by atoms with Gasteiger partial charge in [0.1, 0.15) is 11.5 Å². The van der Waals surface area contributed by atoms with E-state index in [2.05, 4.69) is 9.88 Å². The van der Waals surface area contributed by atoms with Gasteiger partial charge >= 0.3 is 5.97 Å². The molecule has 0 bridgehead atoms. The van der Waals surface area contributed by atoms with Gasteiger partial charge in [0.25, 0.3) is 0 Å². The van der Waals surface area contributed by atoms with E-state index in [1.54, 1.807) is 19.2 Å². The van der Waals surface area contributed by atoms with Gasteiger partial charge < -0.3 is 14.3 Å². The van der Waals surface area contributed by atoms with Crippen LogP contribution in [-0.2, 0) is 13.0 Å². The van der Waals surface area contributed by atoms with Crippen LogP contribution in [0.15, 0.2) is 59.1 Å². The molecule has 0 unspecified atom stereocenters. The van der Waals surface area contributed by atoms with E-state index in [1.807, 2.05) is 42.6 Å². The number of nitrogens with zero attached hydrogens (tertiary/aromatic N) is 2. The quantitative estimate of drug-likeness (QED) is 0.629. The molecule has 6 nitrogen and oxygen atoms in total. The molecule has 0 spiro atoms. The summed E-state index contributed by atoms with van der Waals surface area (Å²) in [6.07, 6.45) is 4.71. The highest BCUT2D eigenvalue weighted by Gasteiger charge is 2.25. The molecule has 6 heteroatoms. The monoisotopic (exact) mass is 406 g/mol. The standard InChI is InChI=1S/C24H26N2O4/c1-29-21-10-6-17(7-11-21)13-22-14-25-23(30-22)20-3-2-12-26(16-20)15-18-4-8-19(9-5-18)24(27)28/h4-11,14,20H,2-3,12-13,15-16H2,1H3,(H,27,28)/t20-/m0/s1. The number of aromatic nitrogens is 1. The summed E-state index contributed by atoms with van der Waals surface area (Å²) in [5.41, 5.74) is 2.60. The first-order chi connectivity index (χ1) is 14.6. The Bertz CT molecular complexity index is 979. The topological polar surface area (TPSA) is 75.8 Å². The maximum absolute atomic E-state index is 11.0. The molecule has 1 aromatic heterocycles. The Labute approximate surface area is 176 Å². The van der Waals surface area contributed by atoms with E-state index in [9.17, 15) is 4.79 Å². The maximum Gasteiger partial charge on any atom is 0.335 e. The van der Waals surface area contributed by atoms with Crippen molar-refractivity contribution in [1.82, 2.24) is 9.88 Å². The zero-order chi connectivity index (χ0) is 20.9. The van der Waals surface area contributed by atoms with E-state index in [0.29, 0.717) is 12.0 Å². The lowest BCUT2D eigenvalue weighted by atomic mass is 9.97. The Balaban J connectivity index is 1.36. The van der Waals surface area contributed by atoms with Crippen molar-refractivity contribution < 1.29 is 19.1 Å². The van der Waals surface area contributed by atoms with Crippen molar-refractivity contribution >= 4 is 5.97 Å². The highest BCUT2D eigenvalue weighted by atomic mass is 16.5. The van der Waals surface area contributed by atoms with Gasteiger partial charge in [0.2, 0.25) is 0 Å². The van der Waals surface area contributed by atoms with Gasteiger partial charge in [-0.2, -0.15) is 0 Å². The van der Waals surface area contributed by atoms with Crippen LogP contribution < -0.4 is 4.74 Å². The Morgan fingerprint density at radius 1 is 1.17 bits per heavy atom. The molecule has 0 amide bonds. The number of aromatic carboxylic acids is 1. The van der Waals surface area contributed by atoms with Gasteiger partial charge in [-0.25, -0.2) is 9.78 Å². The number of oxazole rings is 1. The Morgan fingerprint density at radius 3 is 2.60 bits per heavy atom. The smallest absolute Gasteiger partial charge is 0.335 e. The molecule has 0 radical (unpaired) electrons. The second-order valence-corrected chi connectivity index (χ2v) is 7.77. The van der Waals surface area contributed by atoms with Crippen molar-refractivity contribution in [3.05, 3.63) is 83.1 Å². The Morgan fingerprint density at radius 2 is 1.90 bits per heavy atom. The third-order valence-corrected chi connectivity index (χ3v) is 5.57. The summed E-state index contributed by atoms with van der Waals surface area (Å²) in [5.74, 6) is 1.91. The van der Waals surface area contributed by atoms with Crippen molar-refractivity contribution in [2.24, 2.45) is 0 Å². The molecule has 30 heavy (non-hydrogen) atoms. The van der Waals surface area contributed by atoms with E-state index >= 15 is 0 Å². The summed E-state index contributed by atoms with van der Waals surface area (Å²) < 4.78 is 11.3. The molecule has 2 aromatic carbocycles. The number of carboxylic acids is 1. The number of hydrogen-bond acceptors (Lipinski definition) is 5. The van der Waals surface area contributed by atoms with E-state index in [-0.39, 0.29) is 5.92 Å². The summed E-state index contributed by atoms with van der Waals surface area (Å²) in [6.45, 7) is 2.72.